The molecule has 1 amide bonds. The van der Waals surface area contributed by atoms with Gasteiger partial charge in [-0.3, -0.25) is 4.79 Å². The van der Waals surface area contributed by atoms with Crippen LogP contribution in [0.1, 0.15) is 71.6 Å². The molecular formula is C23H29N3O5S. The Kier molecular flexibility index (Phi) is 7.50. The van der Waals surface area contributed by atoms with Crippen LogP contribution in [-0.2, 0) is 22.6 Å². The molecule has 1 N–H and O–H groups in total. The number of methoxy groups -OCH3 is 2. The van der Waals surface area contributed by atoms with Crippen LogP contribution in [0.5, 0.6) is 11.5 Å². The minimum Gasteiger partial charge on any atom is -0.496 e. The van der Waals surface area contributed by atoms with Gasteiger partial charge in [-0.05, 0) is 32.3 Å². The van der Waals surface area contributed by atoms with Gasteiger partial charge in [-0.2, -0.15) is 0 Å². The van der Waals surface area contributed by atoms with Gasteiger partial charge in [0.2, 0.25) is 11.0 Å². The van der Waals surface area contributed by atoms with Gasteiger partial charge in [0.15, 0.2) is 0 Å². The lowest BCUT2D eigenvalue weighted by molar-refractivity contribution is -0.116. The topological polar surface area (TPSA) is 99.6 Å². The summed E-state index contributed by atoms with van der Waals surface area (Å²) in [5.74, 6) is 0.984. The molecule has 0 atom stereocenters. The average Bonchev–Trinajstić information content (AvgIpc) is 3.38. The smallest absolute Gasteiger partial charge is 0.342 e. The molecule has 1 aliphatic heterocycles. The zero-order valence-corrected chi connectivity index (χ0v) is 20.1. The first-order valence-electron chi connectivity index (χ1n) is 10.5. The molecule has 0 fully saturated rings. The number of allylic oxidation sites excluding steroid dienone is 2. The van der Waals surface area contributed by atoms with Crippen LogP contribution in [0.2, 0.25) is 0 Å². The molecule has 0 spiro atoms. The summed E-state index contributed by atoms with van der Waals surface area (Å²) in [5, 5.41) is 12.3. The van der Waals surface area contributed by atoms with E-state index in [-0.39, 0.29) is 24.4 Å². The lowest BCUT2D eigenvalue weighted by Gasteiger charge is -2.18. The summed E-state index contributed by atoms with van der Waals surface area (Å²) < 4.78 is 16.4. The number of ether oxygens (including phenoxy) is 3. The number of cyclic esters (lactones) is 1. The van der Waals surface area contributed by atoms with Gasteiger partial charge in [-0.15, -0.1) is 10.2 Å². The second-order valence-corrected chi connectivity index (χ2v) is 9.01. The van der Waals surface area contributed by atoms with Crippen molar-refractivity contribution in [2.75, 3.05) is 19.5 Å². The van der Waals surface area contributed by atoms with Crippen LogP contribution in [0, 0.1) is 6.92 Å². The van der Waals surface area contributed by atoms with Crippen molar-refractivity contribution in [3.05, 3.63) is 38.9 Å². The number of amides is 1. The van der Waals surface area contributed by atoms with Gasteiger partial charge in [-0.1, -0.05) is 36.8 Å². The molecular weight excluding hydrogens is 430 g/mol. The van der Waals surface area contributed by atoms with E-state index in [1.54, 1.807) is 14.2 Å². The fourth-order valence-corrected chi connectivity index (χ4v) is 4.39. The highest BCUT2D eigenvalue weighted by Gasteiger charge is 2.32. The summed E-state index contributed by atoms with van der Waals surface area (Å²) in [6, 6.07) is 0. The highest BCUT2D eigenvalue weighted by molar-refractivity contribution is 7.15. The fraction of sp³-hybridized carbons (Fsp3) is 0.478. The first-order chi connectivity index (χ1) is 15.3. The maximum absolute atomic E-state index is 12.3. The summed E-state index contributed by atoms with van der Waals surface area (Å²) in [4.78, 5) is 24.5. The number of anilines is 1. The number of aromatic nitrogens is 2. The minimum atomic E-state index is -0.376. The van der Waals surface area contributed by atoms with Crippen molar-refractivity contribution in [1.29, 1.82) is 0 Å². The summed E-state index contributed by atoms with van der Waals surface area (Å²) in [7, 11) is 3.15. The average molecular weight is 460 g/mol. The molecule has 2 aromatic rings. The van der Waals surface area contributed by atoms with Gasteiger partial charge in [0.25, 0.3) is 0 Å². The Bertz CT molecular complexity index is 1060. The van der Waals surface area contributed by atoms with Gasteiger partial charge in [0, 0.05) is 23.5 Å². The van der Waals surface area contributed by atoms with Crippen molar-refractivity contribution < 1.29 is 23.8 Å². The molecule has 0 saturated heterocycles. The number of carbonyl (C=O) groups is 2. The zero-order valence-electron chi connectivity index (χ0n) is 19.3. The van der Waals surface area contributed by atoms with Gasteiger partial charge in [0.1, 0.15) is 28.7 Å². The Morgan fingerprint density at radius 2 is 1.94 bits per heavy atom. The Morgan fingerprint density at radius 1 is 1.22 bits per heavy atom. The normalized spacial score (nSPS) is 13.2. The van der Waals surface area contributed by atoms with Crippen molar-refractivity contribution >= 4 is 28.3 Å². The number of carbonyl (C=O) groups excluding carboxylic acids is 2. The van der Waals surface area contributed by atoms with E-state index in [0.29, 0.717) is 41.5 Å². The molecule has 1 aromatic carbocycles. The predicted octanol–water partition coefficient (Wildman–Crippen LogP) is 4.57. The highest BCUT2D eigenvalue weighted by Crippen LogP contribution is 2.42. The molecule has 1 aromatic heterocycles. The molecule has 0 unspecified atom stereocenters. The fourth-order valence-electron chi connectivity index (χ4n) is 3.62. The van der Waals surface area contributed by atoms with Crippen molar-refractivity contribution in [3.8, 4) is 11.5 Å². The summed E-state index contributed by atoms with van der Waals surface area (Å²) in [6.07, 6.45) is 3.47. The van der Waals surface area contributed by atoms with Crippen LogP contribution in [0.4, 0.5) is 5.13 Å². The third kappa shape index (κ3) is 4.93. The molecule has 2 heterocycles. The number of rotatable bonds is 9. The third-order valence-corrected chi connectivity index (χ3v) is 6.55. The lowest BCUT2D eigenvalue weighted by atomic mass is 9.94. The summed E-state index contributed by atoms with van der Waals surface area (Å²) >= 11 is 1.40. The van der Waals surface area contributed by atoms with Crippen molar-refractivity contribution in [2.45, 2.75) is 59.5 Å². The van der Waals surface area contributed by atoms with Crippen molar-refractivity contribution in [3.63, 3.8) is 0 Å². The third-order valence-electron chi connectivity index (χ3n) is 5.41. The number of nitrogens with zero attached hydrogens (tertiary/aromatic N) is 2. The molecule has 0 saturated carbocycles. The van der Waals surface area contributed by atoms with Crippen LogP contribution in [0.25, 0.3) is 0 Å². The Labute approximate surface area is 192 Å². The van der Waals surface area contributed by atoms with E-state index in [2.05, 4.69) is 15.5 Å². The van der Waals surface area contributed by atoms with E-state index in [1.807, 2.05) is 33.8 Å². The van der Waals surface area contributed by atoms with Crippen LogP contribution in [-0.4, -0.2) is 36.3 Å². The summed E-state index contributed by atoms with van der Waals surface area (Å²) in [5.41, 5.74) is 4.01. The van der Waals surface area contributed by atoms with E-state index in [4.69, 9.17) is 14.2 Å². The second kappa shape index (κ2) is 10.1. The molecule has 3 rings (SSSR count). The maximum atomic E-state index is 12.3. The lowest BCUT2D eigenvalue weighted by Crippen LogP contribution is -2.11. The second-order valence-electron chi connectivity index (χ2n) is 8.00. The first-order valence-corrected chi connectivity index (χ1v) is 11.3. The molecule has 172 valence electrons. The van der Waals surface area contributed by atoms with Gasteiger partial charge in [-0.25, -0.2) is 4.79 Å². The molecule has 9 heteroatoms. The quantitative estimate of drug-likeness (QED) is 0.433. The minimum absolute atomic E-state index is 0.101. The predicted molar refractivity (Wildman–Crippen MR) is 123 cm³/mol. The monoisotopic (exact) mass is 459 g/mol. The molecule has 0 aliphatic carbocycles. The number of nitrogens with one attached hydrogen (secondary N) is 1. The largest absolute Gasteiger partial charge is 0.496 e. The van der Waals surface area contributed by atoms with Gasteiger partial charge >= 0.3 is 5.97 Å². The number of hydrogen-bond donors (Lipinski definition) is 1. The Morgan fingerprint density at radius 3 is 2.56 bits per heavy atom. The van der Waals surface area contributed by atoms with E-state index in [1.165, 1.54) is 11.3 Å². The van der Waals surface area contributed by atoms with E-state index < -0.39 is 0 Å². The van der Waals surface area contributed by atoms with Crippen molar-refractivity contribution in [2.24, 2.45) is 0 Å². The van der Waals surface area contributed by atoms with Crippen LogP contribution < -0.4 is 14.8 Å². The van der Waals surface area contributed by atoms with Gasteiger partial charge in [0.05, 0.1) is 14.2 Å². The van der Waals surface area contributed by atoms with Crippen LogP contribution >= 0.6 is 11.3 Å². The number of benzene rings is 1. The standard InChI is InChI=1S/C23H29N3O5S/c1-12(2)21-25-26-23(32-21)24-17(27)10-8-13(3)7-9-15-19(29-5)14(4)16-11-31-22(28)18(16)20(15)30-6/h7,12H,8-11H2,1-6H3,(H,24,26,27). The molecule has 0 bridgehead atoms. The Hall–Kier alpha value is -2.94. The highest BCUT2D eigenvalue weighted by atomic mass is 32.1. The summed E-state index contributed by atoms with van der Waals surface area (Å²) in [6.45, 7) is 8.19. The molecule has 1 aliphatic rings. The molecule has 32 heavy (non-hydrogen) atoms. The van der Waals surface area contributed by atoms with Crippen LogP contribution in [0.3, 0.4) is 0 Å². The zero-order chi connectivity index (χ0) is 23.4. The molecule has 8 nitrogen and oxygen atoms in total. The number of esters is 1. The number of hydrogen-bond acceptors (Lipinski definition) is 8. The van der Waals surface area contributed by atoms with Crippen molar-refractivity contribution in [1.82, 2.24) is 10.2 Å². The Balaban J connectivity index is 1.69. The SMILES string of the molecule is COc1c(C)c2c(c(OC)c1CC=C(C)CCC(=O)Nc1nnc(C(C)C)s1)C(=O)OC2. The van der Waals surface area contributed by atoms with Crippen LogP contribution in [0.15, 0.2) is 11.6 Å². The van der Waals surface area contributed by atoms with Gasteiger partial charge < -0.3 is 19.5 Å². The van der Waals surface area contributed by atoms with E-state index in [0.717, 1.165) is 27.3 Å². The van der Waals surface area contributed by atoms with E-state index in [9.17, 15) is 9.59 Å². The molecule has 0 radical (unpaired) electrons. The van der Waals surface area contributed by atoms with E-state index >= 15 is 0 Å². The maximum Gasteiger partial charge on any atom is 0.342 e. The number of fused-ring (bicyclic) bond motifs is 1. The first kappa shape index (κ1) is 23.7.